The minimum Gasteiger partial charge on any atom is -0.395 e. The Morgan fingerprint density at radius 1 is 1.17 bits per heavy atom. The second-order valence-electron chi connectivity index (χ2n) is 5.16. The first-order chi connectivity index (χ1) is 8.70. The Labute approximate surface area is 109 Å². The number of hydrogen-bond acceptors (Lipinski definition) is 4. The molecule has 0 aromatic carbocycles. The van der Waals surface area contributed by atoms with Crippen LogP contribution in [0.5, 0.6) is 0 Å². The summed E-state index contributed by atoms with van der Waals surface area (Å²) in [7, 11) is 0. The molecule has 1 aromatic heterocycles. The number of aliphatic hydroxyl groups excluding tert-OH is 1. The standard InChI is InChI=1S/C14H23N3O/c1-11-10-12(2)16-14(15-11)17(8-9-18)13-6-4-3-5-7-13/h10,13,18H,3-9H2,1-2H3. The van der Waals surface area contributed by atoms with Crippen LogP contribution in [0, 0.1) is 13.8 Å². The first-order valence-electron chi connectivity index (χ1n) is 6.90. The predicted octanol–water partition coefficient (Wildman–Crippen LogP) is 2.22. The lowest BCUT2D eigenvalue weighted by atomic mass is 9.94. The highest BCUT2D eigenvalue weighted by Gasteiger charge is 2.23. The van der Waals surface area contributed by atoms with E-state index in [-0.39, 0.29) is 6.61 Å². The zero-order valence-corrected chi connectivity index (χ0v) is 11.4. The summed E-state index contributed by atoms with van der Waals surface area (Å²) in [5.41, 5.74) is 1.99. The lowest BCUT2D eigenvalue weighted by Gasteiger charge is -2.34. The van der Waals surface area contributed by atoms with Crippen molar-refractivity contribution in [2.45, 2.75) is 52.0 Å². The van der Waals surface area contributed by atoms with Crippen LogP contribution in [0.25, 0.3) is 0 Å². The zero-order chi connectivity index (χ0) is 13.0. The van der Waals surface area contributed by atoms with Crippen LogP contribution in [0.1, 0.15) is 43.5 Å². The van der Waals surface area contributed by atoms with Crippen molar-refractivity contribution in [2.24, 2.45) is 0 Å². The monoisotopic (exact) mass is 249 g/mol. The molecule has 0 aliphatic heterocycles. The average molecular weight is 249 g/mol. The van der Waals surface area contributed by atoms with Gasteiger partial charge in [-0.2, -0.15) is 0 Å². The van der Waals surface area contributed by atoms with Gasteiger partial charge in [-0.1, -0.05) is 19.3 Å². The maximum atomic E-state index is 9.27. The SMILES string of the molecule is Cc1cc(C)nc(N(CCO)C2CCCCC2)n1. The molecule has 2 rings (SSSR count). The van der Waals surface area contributed by atoms with Crippen molar-refractivity contribution in [3.63, 3.8) is 0 Å². The van der Waals surface area contributed by atoms with E-state index in [0.717, 1.165) is 17.3 Å². The number of aliphatic hydroxyl groups is 1. The van der Waals surface area contributed by atoms with Crippen molar-refractivity contribution in [2.75, 3.05) is 18.1 Å². The quantitative estimate of drug-likeness (QED) is 0.889. The highest BCUT2D eigenvalue weighted by molar-refractivity contribution is 5.34. The van der Waals surface area contributed by atoms with E-state index < -0.39 is 0 Å². The summed E-state index contributed by atoms with van der Waals surface area (Å²) in [6, 6.07) is 2.48. The molecular weight excluding hydrogens is 226 g/mol. The second-order valence-corrected chi connectivity index (χ2v) is 5.16. The van der Waals surface area contributed by atoms with Crippen LogP contribution >= 0.6 is 0 Å². The first-order valence-corrected chi connectivity index (χ1v) is 6.90. The van der Waals surface area contributed by atoms with Crippen LogP contribution in [0.2, 0.25) is 0 Å². The maximum absolute atomic E-state index is 9.27. The molecule has 0 unspecified atom stereocenters. The Morgan fingerprint density at radius 3 is 2.33 bits per heavy atom. The molecule has 0 bridgehead atoms. The van der Waals surface area contributed by atoms with Crippen molar-refractivity contribution in [3.8, 4) is 0 Å². The topological polar surface area (TPSA) is 49.2 Å². The third-order valence-corrected chi connectivity index (χ3v) is 3.58. The lowest BCUT2D eigenvalue weighted by Crippen LogP contribution is -2.40. The minimum absolute atomic E-state index is 0.160. The number of nitrogens with zero attached hydrogens (tertiary/aromatic N) is 3. The molecule has 1 aromatic rings. The fourth-order valence-electron chi connectivity index (χ4n) is 2.78. The molecule has 0 atom stereocenters. The van der Waals surface area contributed by atoms with E-state index in [1.165, 1.54) is 32.1 Å². The fourth-order valence-corrected chi connectivity index (χ4v) is 2.78. The Balaban J connectivity index is 2.22. The van der Waals surface area contributed by atoms with Crippen LogP contribution in [-0.2, 0) is 0 Å². The van der Waals surface area contributed by atoms with E-state index in [9.17, 15) is 5.11 Å². The van der Waals surface area contributed by atoms with Crippen molar-refractivity contribution in [1.29, 1.82) is 0 Å². The van der Waals surface area contributed by atoms with Gasteiger partial charge in [0.1, 0.15) is 0 Å². The molecule has 0 spiro atoms. The molecule has 0 amide bonds. The van der Waals surface area contributed by atoms with Crippen LogP contribution in [0.4, 0.5) is 5.95 Å². The van der Waals surface area contributed by atoms with Gasteiger partial charge >= 0.3 is 0 Å². The maximum Gasteiger partial charge on any atom is 0.226 e. The molecule has 100 valence electrons. The summed E-state index contributed by atoms with van der Waals surface area (Å²) in [4.78, 5) is 11.3. The number of aryl methyl sites for hydroxylation is 2. The third kappa shape index (κ3) is 3.19. The van der Waals surface area contributed by atoms with Crippen LogP contribution in [0.3, 0.4) is 0 Å². The average Bonchev–Trinajstić information content (AvgIpc) is 2.36. The summed E-state index contributed by atoms with van der Waals surface area (Å²) >= 11 is 0. The van der Waals surface area contributed by atoms with Crippen LogP contribution in [-0.4, -0.2) is 34.3 Å². The molecule has 1 heterocycles. The van der Waals surface area contributed by atoms with Crippen LogP contribution < -0.4 is 4.90 Å². The number of aromatic nitrogens is 2. The van der Waals surface area contributed by atoms with Gasteiger partial charge in [-0.3, -0.25) is 0 Å². The molecule has 4 nitrogen and oxygen atoms in total. The van der Waals surface area contributed by atoms with Crippen molar-refractivity contribution >= 4 is 5.95 Å². The lowest BCUT2D eigenvalue weighted by molar-refractivity contribution is 0.288. The van der Waals surface area contributed by atoms with Gasteiger partial charge in [-0.05, 0) is 32.8 Å². The van der Waals surface area contributed by atoms with E-state index in [0.29, 0.717) is 12.6 Å². The first kappa shape index (κ1) is 13.3. The third-order valence-electron chi connectivity index (χ3n) is 3.58. The number of rotatable bonds is 4. The molecule has 1 fully saturated rings. The van der Waals surface area contributed by atoms with E-state index in [2.05, 4.69) is 14.9 Å². The minimum atomic E-state index is 0.160. The van der Waals surface area contributed by atoms with Crippen molar-refractivity contribution in [3.05, 3.63) is 17.5 Å². The molecular formula is C14H23N3O. The smallest absolute Gasteiger partial charge is 0.226 e. The Bertz CT molecular complexity index is 368. The highest BCUT2D eigenvalue weighted by Crippen LogP contribution is 2.25. The van der Waals surface area contributed by atoms with E-state index in [1.54, 1.807) is 0 Å². The molecule has 1 aliphatic carbocycles. The van der Waals surface area contributed by atoms with Gasteiger partial charge in [0.05, 0.1) is 6.61 Å². The highest BCUT2D eigenvalue weighted by atomic mass is 16.3. The van der Waals surface area contributed by atoms with Gasteiger partial charge in [-0.15, -0.1) is 0 Å². The molecule has 18 heavy (non-hydrogen) atoms. The van der Waals surface area contributed by atoms with Gasteiger partial charge < -0.3 is 10.0 Å². The number of hydrogen-bond donors (Lipinski definition) is 1. The summed E-state index contributed by atoms with van der Waals surface area (Å²) in [5.74, 6) is 0.786. The second kappa shape index (κ2) is 6.14. The van der Waals surface area contributed by atoms with Gasteiger partial charge in [-0.25, -0.2) is 9.97 Å². The molecule has 1 aliphatic rings. The summed E-state index contributed by atoms with van der Waals surface area (Å²) in [5, 5.41) is 9.27. The molecule has 4 heteroatoms. The largest absolute Gasteiger partial charge is 0.395 e. The summed E-state index contributed by atoms with van der Waals surface area (Å²) < 4.78 is 0. The van der Waals surface area contributed by atoms with Gasteiger partial charge in [0.2, 0.25) is 5.95 Å². The van der Waals surface area contributed by atoms with Gasteiger partial charge in [0.15, 0.2) is 0 Å². The van der Waals surface area contributed by atoms with Crippen LogP contribution in [0.15, 0.2) is 6.07 Å². The Hall–Kier alpha value is -1.16. The predicted molar refractivity (Wildman–Crippen MR) is 72.8 cm³/mol. The van der Waals surface area contributed by atoms with E-state index in [4.69, 9.17) is 0 Å². The van der Waals surface area contributed by atoms with Crippen molar-refractivity contribution in [1.82, 2.24) is 9.97 Å². The van der Waals surface area contributed by atoms with E-state index in [1.807, 2.05) is 19.9 Å². The zero-order valence-electron chi connectivity index (χ0n) is 11.4. The van der Waals surface area contributed by atoms with E-state index >= 15 is 0 Å². The molecule has 0 saturated heterocycles. The normalized spacial score (nSPS) is 16.8. The van der Waals surface area contributed by atoms with Gasteiger partial charge in [0.25, 0.3) is 0 Å². The van der Waals surface area contributed by atoms with Crippen molar-refractivity contribution < 1.29 is 5.11 Å². The molecule has 1 saturated carbocycles. The summed E-state index contributed by atoms with van der Waals surface area (Å²) in [6.45, 7) is 4.78. The fraction of sp³-hybridized carbons (Fsp3) is 0.714. The molecule has 0 radical (unpaired) electrons. The van der Waals surface area contributed by atoms with Gasteiger partial charge in [0, 0.05) is 24.0 Å². The number of anilines is 1. The summed E-state index contributed by atoms with van der Waals surface area (Å²) in [6.07, 6.45) is 6.26. The Kier molecular flexibility index (Phi) is 4.53. The Morgan fingerprint density at radius 2 is 1.78 bits per heavy atom. The molecule has 1 N–H and O–H groups in total.